The van der Waals surface area contributed by atoms with Crippen molar-refractivity contribution in [3.8, 4) is 0 Å². The van der Waals surface area contributed by atoms with Gasteiger partial charge in [-0.05, 0) is 50.1 Å². The molecule has 0 radical (unpaired) electrons. The van der Waals surface area contributed by atoms with Crippen LogP contribution in [0.1, 0.15) is 16.8 Å². The topological polar surface area (TPSA) is 42.0 Å². The molecule has 0 bridgehead atoms. The third-order valence-electron chi connectivity index (χ3n) is 3.17. The molecule has 20 heavy (non-hydrogen) atoms. The molecular formula is C16H16N4. The number of rotatable bonds is 2. The van der Waals surface area contributed by atoms with Gasteiger partial charge in [0.1, 0.15) is 5.65 Å². The summed E-state index contributed by atoms with van der Waals surface area (Å²) in [5, 5.41) is 8.69. The van der Waals surface area contributed by atoms with E-state index in [1.165, 1.54) is 11.1 Å². The lowest BCUT2D eigenvalue weighted by Crippen LogP contribution is -1.84. The smallest absolute Gasteiger partial charge is 0.182 e. The fourth-order valence-electron chi connectivity index (χ4n) is 2.17. The number of azo groups is 1. The van der Waals surface area contributed by atoms with Gasteiger partial charge in [0.25, 0.3) is 0 Å². The first-order valence-corrected chi connectivity index (χ1v) is 6.57. The van der Waals surface area contributed by atoms with E-state index in [4.69, 9.17) is 0 Å². The Morgan fingerprint density at radius 1 is 0.950 bits per heavy atom. The van der Waals surface area contributed by atoms with Gasteiger partial charge in [0.05, 0.1) is 11.4 Å². The summed E-state index contributed by atoms with van der Waals surface area (Å²) in [5.41, 5.74) is 4.97. The number of nitrogens with zero attached hydrogens (tertiary/aromatic N) is 4. The first-order valence-electron chi connectivity index (χ1n) is 6.57. The van der Waals surface area contributed by atoms with Gasteiger partial charge in [-0.1, -0.05) is 18.2 Å². The summed E-state index contributed by atoms with van der Waals surface area (Å²) in [4.78, 5) is 4.49. The van der Waals surface area contributed by atoms with Crippen molar-refractivity contribution in [3.63, 3.8) is 0 Å². The molecule has 0 saturated heterocycles. The lowest BCUT2D eigenvalue weighted by molar-refractivity contribution is 1.08. The van der Waals surface area contributed by atoms with E-state index in [9.17, 15) is 0 Å². The Labute approximate surface area is 117 Å². The van der Waals surface area contributed by atoms with Crippen LogP contribution < -0.4 is 0 Å². The summed E-state index contributed by atoms with van der Waals surface area (Å²) in [6.07, 6.45) is 2.03. The van der Waals surface area contributed by atoms with Crippen molar-refractivity contribution >= 4 is 17.2 Å². The summed E-state index contributed by atoms with van der Waals surface area (Å²) in [6, 6.07) is 12.0. The average Bonchev–Trinajstić information content (AvgIpc) is 2.72. The molecule has 2 aromatic heterocycles. The van der Waals surface area contributed by atoms with E-state index < -0.39 is 0 Å². The van der Waals surface area contributed by atoms with Gasteiger partial charge in [-0.15, -0.1) is 10.2 Å². The normalized spacial score (nSPS) is 11.6. The molecule has 100 valence electrons. The predicted molar refractivity (Wildman–Crippen MR) is 80.0 cm³/mol. The van der Waals surface area contributed by atoms with E-state index in [1.54, 1.807) is 0 Å². The number of pyridine rings is 1. The van der Waals surface area contributed by atoms with Crippen LogP contribution in [0.2, 0.25) is 0 Å². The SMILES string of the molecule is Cc1cccc(N=Nc2c(C)nc3ccc(C)cn23)c1. The number of hydrogen-bond donors (Lipinski definition) is 0. The molecule has 0 N–H and O–H groups in total. The summed E-state index contributed by atoms with van der Waals surface area (Å²) in [7, 11) is 0. The number of fused-ring (bicyclic) bond motifs is 1. The van der Waals surface area contributed by atoms with Crippen molar-refractivity contribution in [1.29, 1.82) is 0 Å². The molecule has 0 atom stereocenters. The van der Waals surface area contributed by atoms with Gasteiger partial charge in [-0.2, -0.15) is 0 Å². The van der Waals surface area contributed by atoms with E-state index in [0.29, 0.717) is 0 Å². The fraction of sp³-hybridized carbons (Fsp3) is 0.188. The van der Waals surface area contributed by atoms with E-state index >= 15 is 0 Å². The zero-order valence-corrected chi connectivity index (χ0v) is 11.8. The highest BCUT2D eigenvalue weighted by molar-refractivity contribution is 5.52. The molecule has 0 spiro atoms. The fourth-order valence-corrected chi connectivity index (χ4v) is 2.17. The Bertz CT molecular complexity index is 799. The van der Waals surface area contributed by atoms with Crippen LogP contribution in [0.15, 0.2) is 52.8 Å². The first kappa shape index (κ1) is 12.5. The molecule has 3 rings (SSSR count). The number of imidazole rings is 1. The van der Waals surface area contributed by atoms with Crippen molar-refractivity contribution in [2.45, 2.75) is 20.8 Å². The minimum absolute atomic E-state index is 0.783. The number of benzene rings is 1. The lowest BCUT2D eigenvalue weighted by atomic mass is 10.2. The molecule has 0 saturated carbocycles. The van der Waals surface area contributed by atoms with Gasteiger partial charge in [0, 0.05) is 6.20 Å². The maximum Gasteiger partial charge on any atom is 0.182 e. The average molecular weight is 264 g/mol. The van der Waals surface area contributed by atoms with E-state index in [1.807, 2.05) is 60.8 Å². The van der Waals surface area contributed by atoms with Gasteiger partial charge < -0.3 is 0 Å². The highest BCUT2D eigenvalue weighted by atomic mass is 15.2. The van der Waals surface area contributed by atoms with Crippen molar-refractivity contribution in [2.24, 2.45) is 10.2 Å². The van der Waals surface area contributed by atoms with Crippen LogP contribution in [-0.4, -0.2) is 9.38 Å². The number of aryl methyl sites for hydroxylation is 3. The standard InChI is InChI=1S/C16H16N4/c1-11-5-4-6-14(9-11)18-19-16-13(3)17-15-8-7-12(2)10-20(15)16/h4-10H,1-3H3. The summed E-state index contributed by atoms with van der Waals surface area (Å²) in [5.74, 6) is 0.783. The second kappa shape index (κ2) is 4.89. The summed E-state index contributed by atoms with van der Waals surface area (Å²) in [6.45, 7) is 6.05. The van der Waals surface area contributed by atoms with Crippen LogP contribution in [0.25, 0.3) is 5.65 Å². The van der Waals surface area contributed by atoms with Crippen molar-refractivity contribution < 1.29 is 0 Å². The molecule has 0 amide bonds. The third-order valence-corrected chi connectivity index (χ3v) is 3.17. The largest absolute Gasteiger partial charge is 0.283 e. The molecule has 4 heteroatoms. The van der Waals surface area contributed by atoms with E-state index in [0.717, 1.165) is 22.8 Å². The van der Waals surface area contributed by atoms with Gasteiger partial charge in [0.15, 0.2) is 5.82 Å². The Balaban J connectivity index is 2.06. The molecule has 0 fully saturated rings. The maximum absolute atomic E-state index is 4.49. The summed E-state index contributed by atoms with van der Waals surface area (Å²) < 4.78 is 1.98. The van der Waals surface area contributed by atoms with Crippen LogP contribution in [0, 0.1) is 20.8 Å². The zero-order chi connectivity index (χ0) is 14.1. The Hall–Kier alpha value is -2.49. The molecule has 0 aliphatic rings. The molecule has 2 heterocycles. The second-order valence-corrected chi connectivity index (χ2v) is 4.99. The number of hydrogen-bond acceptors (Lipinski definition) is 3. The van der Waals surface area contributed by atoms with Crippen LogP contribution in [-0.2, 0) is 0 Å². The minimum atomic E-state index is 0.783. The Morgan fingerprint density at radius 2 is 1.80 bits per heavy atom. The van der Waals surface area contributed by atoms with Crippen molar-refractivity contribution in [1.82, 2.24) is 9.38 Å². The van der Waals surface area contributed by atoms with Gasteiger partial charge in [-0.3, -0.25) is 4.40 Å². The zero-order valence-electron chi connectivity index (χ0n) is 11.8. The minimum Gasteiger partial charge on any atom is -0.283 e. The molecule has 0 unspecified atom stereocenters. The highest BCUT2D eigenvalue weighted by Crippen LogP contribution is 2.24. The Morgan fingerprint density at radius 3 is 2.60 bits per heavy atom. The second-order valence-electron chi connectivity index (χ2n) is 4.99. The molecule has 3 aromatic rings. The highest BCUT2D eigenvalue weighted by Gasteiger charge is 2.07. The Kier molecular flexibility index (Phi) is 3.06. The molecule has 1 aromatic carbocycles. The molecule has 0 aliphatic heterocycles. The van der Waals surface area contributed by atoms with Crippen molar-refractivity contribution in [2.75, 3.05) is 0 Å². The lowest BCUT2D eigenvalue weighted by Gasteiger charge is -1.98. The quantitative estimate of drug-likeness (QED) is 0.620. The van der Waals surface area contributed by atoms with Gasteiger partial charge in [-0.25, -0.2) is 4.98 Å². The van der Waals surface area contributed by atoms with Crippen LogP contribution in [0.5, 0.6) is 0 Å². The van der Waals surface area contributed by atoms with Crippen LogP contribution >= 0.6 is 0 Å². The maximum atomic E-state index is 4.49. The molecular weight excluding hydrogens is 248 g/mol. The van der Waals surface area contributed by atoms with Crippen LogP contribution in [0.3, 0.4) is 0 Å². The molecule has 0 aliphatic carbocycles. The van der Waals surface area contributed by atoms with Gasteiger partial charge in [0.2, 0.25) is 0 Å². The number of aromatic nitrogens is 2. The van der Waals surface area contributed by atoms with E-state index in [2.05, 4.69) is 22.1 Å². The first-order chi connectivity index (χ1) is 9.63. The van der Waals surface area contributed by atoms with E-state index in [-0.39, 0.29) is 0 Å². The van der Waals surface area contributed by atoms with Gasteiger partial charge >= 0.3 is 0 Å². The third kappa shape index (κ3) is 2.32. The summed E-state index contributed by atoms with van der Waals surface area (Å²) >= 11 is 0. The van der Waals surface area contributed by atoms with Crippen LogP contribution in [0.4, 0.5) is 11.5 Å². The predicted octanol–water partition coefficient (Wildman–Crippen LogP) is 4.67. The monoisotopic (exact) mass is 264 g/mol. The van der Waals surface area contributed by atoms with Crippen molar-refractivity contribution in [3.05, 3.63) is 59.4 Å². The molecule has 4 nitrogen and oxygen atoms in total.